The van der Waals surface area contributed by atoms with Crippen molar-refractivity contribution in [1.82, 2.24) is 10.6 Å². The number of carbonyl (C=O) groups excluding carboxylic acids is 2. The van der Waals surface area contributed by atoms with Gasteiger partial charge in [-0.2, -0.15) is 0 Å². The summed E-state index contributed by atoms with van der Waals surface area (Å²) in [6.07, 6.45) is 0. The SMILES string of the molecule is O=C(COc1ccc(Cl)c(Cl)c1)NCCSSCCNC(=O)COc1ccc(Cl)c(Cl)c1. The van der Waals surface area contributed by atoms with Crippen molar-refractivity contribution in [3.05, 3.63) is 56.5 Å². The lowest BCUT2D eigenvalue weighted by molar-refractivity contribution is -0.123. The fourth-order valence-electron chi connectivity index (χ4n) is 2.12. The van der Waals surface area contributed by atoms with Crippen LogP contribution < -0.4 is 20.1 Å². The zero-order valence-corrected chi connectivity index (χ0v) is 21.3. The number of hydrogen-bond acceptors (Lipinski definition) is 6. The first-order valence-electron chi connectivity index (χ1n) is 9.28. The summed E-state index contributed by atoms with van der Waals surface area (Å²) in [5.41, 5.74) is 0. The van der Waals surface area contributed by atoms with Crippen molar-refractivity contribution in [2.45, 2.75) is 0 Å². The second-order valence-corrected chi connectivity index (χ2v) is 10.4. The van der Waals surface area contributed by atoms with Gasteiger partial charge < -0.3 is 20.1 Å². The number of amides is 2. The first kappa shape index (κ1) is 27.1. The first-order chi connectivity index (χ1) is 15.3. The molecule has 0 aliphatic carbocycles. The van der Waals surface area contributed by atoms with E-state index in [2.05, 4.69) is 10.6 Å². The Morgan fingerprint density at radius 3 is 1.47 bits per heavy atom. The van der Waals surface area contributed by atoms with Gasteiger partial charge in [0.15, 0.2) is 13.2 Å². The lowest BCUT2D eigenvalue weighted by Crippen LogP contribution is -2.31. The molecule has 174 valence electrons. The largest absolute Gasteiger partial charge is 0.484 e. The molecule has 0 saturated carbocycles. The molecule has 0 aliphatic heterocycles. The molecule has 2 N–H and O–H groups in total. The minimum Gasteiger partial charge on any atom is -0.484 e. The number of halogens is 4. The summed E-state index contributed by atoms with van der Waals surface area (Å²) in [7, 11) is 3.19. The molecule has 0 aromatic heterocycles. The zero-order valence-electron chi connectivity index (χ0n) is 16.7. The van der Waals surface area contributed by atoms with Crippen LogP contribution in [0.5, 0.6) is 11.5 Å². The van der Waals surface area contributed by atoms with E-state index < -0.39 is 0 Å². The molecule has 2 aromatic carbocycles. The number of carbonyl (C=O) groups is 2. The topological polar surface area (TPSA) is 76.7 Å². The van der Waals surface area contributed by atoms with Gasteiger partial charge in [-0.1, -0.05) is 68.0 Å². The Bertz CT molecular complexity index is 848. The van der Waals surface area contributed by atoms with E-state index in [1.807, 2.05) is 0 Å². The van der Waals surface area contributed by atoms with Gasteiger partial charge in [-0.25, -0.2) is 0 Å². The van der Waals surface area contributed by atoms with E-state index in [1.54, 1.807) is 58.0 Å². The van der Waals surface area contributed by atoms with Gasteiger partial charge in [0.05, 0.1) is 20.1 Å². The third-order valence-electron chi connectivity index (χ3n) is 3.62. The Labute approximate surface area is 214 Å². The van der Waals surface area contributed by atoms with Gasteiger partial charge in [0, 0.05) is 36.7 Å². The maximum atomic E-state index is 11.8. The van der Waals surface area contributed by atoms with Crippen molar-refractivity contribution in [2.24, 2.45) is 0 Å². The minimum atomic E-state index is -0.226. The quantitative estimate of drug-likeness (QED) is 0.254. The number of ether oxygens (including phenoxy) is 2. The molecule has 0 radical (unpaired) electrons. The summed E-state index contributed by atoms with van der Waals surface area (Å²) < 4.78 is 10.7. The monoisotopic (exact) mass is 556 g/mol. The number of hydrogen-bond donors (Lipinski definition) is 2. The molecule has 0 bridgehead atoms. The molecule has 0 spiro atoms. The summed E-state index contributed by atoms with van der Waals surface area (Å²) >= 11 is 23.5. The Kier molecular flexibility index (Phi) is 12.6. The Morgan fingerprint density at radius 2 is 1.09 bits per heavy atom. The molecule has 0 fully saturated rings. The summed E-state index contributed by atoms with van der Waals surface area (Å²) in [4.78, 5) is 23.6. The summed E-state index contributed by atoms with van der Waals surface area (Å²) in [5.74, 6) is 1.94. The van der Waals surface area contributed by atoms with Crippen LogP contribution in [-0.4, -0.2) is 49.6 Å². The zero-order chi connectivity index (χ0) is 23.3. The van der Waals surface area contributed by atoms with Gasteiger partial charge in [-0.05, 0) is 24.3 Å². The molecule has 0 saturated heterocycles. The normalized spacial score (nSPS) is 10.5. The van der Waals surface area contributed by atoms with Gasteiger partial charge in [-0.15, -0.1) is 0 Å². The Balaban J connectivity index is 1.45. The van der Waals surface area contributed by atoms with Crippen LogP contribution in [0.3, 0.4) is 0 Å². The molecule has 0 heterocycles. The molecular formula is C20H20Cl4N2O4S2. The third-order valence-corrected chi connectivity index (χ3v) is 7.51. The van der Waals surface area contributed by atoms with E-state index in [-0.39, 0.29) is 25.0 Å². The van der Waals surface area contributed by atoms with E-state index >= 15 is 0 Å². The standard InChI is InChI=1S/C20H20Cl4N2O4S2/c21-15-3-1-13(9-17(15)23)29-11-19(27)25-5-7-31-32-8-6-26-20(28)12-30-14-2-4-16(22)18(24)10-14/h1-4,9-10H,5-8,11-12H2,(H,25,27)(H,26,28). The minimum absolute atomic E-state index is 0.105. The van der Waals surface area contributed by atoms with Gasteiger partial charge in [-0.3, -0.25) is 9.59 Å². The maximum Gasteiger partial charge on any atom is 0.257 e. The highest BCUT2D eigenvalue weighted by atomic mass is 35.5. The summed E-state index contributed by atoms with van der Waals surface area (Å²) in [5, 5.41) is 7.12. The Hall–Kier alpha value is -1.16. The van der Waals surface area contributed by atoms with Gasteiger partial charge in [0.1, 0.15) is 11.5 Å². The smallest absolute Gasteiger partial charge is 0.257 e. The van der Waals surface area contributed by atoms with Crippen LogP contribution in [0.25, 0.3) is 0 Å². The fourth-order valence-corrected chi connectivity index (χ4v) is 4.50. The van der Waals surface area contributed by atoms with Crippen LogP contribution in [0.2, 0.25) is 20.1 Å². The van der Waals surface area contributed by atoms with Crippen LogP contribution in [0.4, 0.5) is 0 Å². The first-order valence-corrected chi connectivity index (χ1v) is 13.3. The van der Waals surface area contributed by atoms with Crippen LogP contribution in [-0.2, 0) is 9.59 Å². The highest BCUT2D eigenvalue weighted by molar-refractivity contribution is 8.76. The van der Waals surface area contributed by atoms with Crippen LogP contribution in [0, 0.1) is 0 Å². The van der Waals surface area contributed by atoms with Crippen molar-refractivity contribution in [2.75, 3.05) is 37.8 Å². The van der Waals surface area contributed by atoms with Gasteiger partial charge >= 0.3 is 0 Å². The van der Waals surface area contributed by atoms with Crippen molar-refractivity contribution >= 4 is 79.8 Å². The number of rotatable bonds is 13. The highest BCUT2D eigenvalue weighted by Crippen LogP contribution is 2.27. The second-order valence-electron chi connectivity index (χ2n) is 6.07. The Morgan fingerprint density at radius 1 is 0.688 bits per heavy atom. The number of nitrogens with one attached hydrogen (secondary N) is 2. The van der Waals surface area contributed by atoms with Gasteiger partial charge in [0.25, 0.3) is 11.8 Å². The molecule has 2 aromatic rings. The molecular weight excluding hydrogens is 538 g/mol. The maximum absolute atomic E-state index is 11.8. The molecule has 2 rings (SSSR count). The molecule has 6 nitrogen and oxygen atoms in total. The number of benzene rings is 2. The average molecular weight is 558 g/mol. The van der Waals surface area contributed by atoms with E-state index in [4.69, 9.17) is 55.9 Å². The van der Waals surface area contributed by atoms with E-state index in [0.717, 1.165) is 11.5 Å². The predicted molar refractivity (Wildman–Crippen MR) is 135 cm³/mol. The van der Waals surface area contributed by atoms with E-state index in [1.165, 1.54) is 0 Å². The third kappa shape index (κ3) is 10.6. The highest BCUT2D eigenvalue weighted by Gasteiger charge is 2.06. The van der Waals surface area contributed by atoms with Crippen LogP contribution >= 0.6 is 68.0 Å². The second kappa shape index (κ2) is 14.9. The average Bonchev–Trinajstić information content (AvgIpc) is 2.77. The van der Waals surface area contributed by atoms with Crippen LogP contribution in [0.15, 0.2) is 36.4 Å². The summed E-state index contributed by atoms with van der Waals surface area (Å²) in [6.45, 7) is 0.800. The lowest BCUT2D eigenvalue weighted by Gasteiger charge is -2.09. The summed E-state index contributed by atoms with van der Waals surface area (Å²) in [6, 6.07) is 9.62. The molecule has 32 heavy (non-hydrogen) atoms. The molecule has 0 unspecified atom stereocenters. The van der Waals surface area contributed by atoms with E-state index in [9.17, 15) is 9.59 Å². The van der Waals surface area contributed by atoms with Crippen LogP contribution in [0.1, 0.15) is 0 Å². The molecule has 0 atom stereocenters. The van der Waals surface area contributed by atoms with Crippen molar-refractivity contribution in [1.29, 1.82) is 0 Å². The van der Waals surface area contributed by atoms with Crippen molar-refractivity contribution < 1.29 is 19.1 Å². The fraction of sp³-hybridized carbons (Fsp3) is 0.300. The van der Waals surface area contributed by atoms with Crippen molar-refractivity contribution in [3.8, 4) is 11.5 Å². The molecule has 0 aliphatic rings. The van der Waals surface area contributed by atoms with Crippen molar-refractivity contribution in [3.63, 3.8) is 0 Å². The van der Waals surface area contributed by atoms with Gasteiger partial charge in [0.2, 0.25) is 0 Å². The molecule has 2 amide bonds. The van der Waals surface area contributed by atoms with E-state index in [0.29, 0.717) is 44.7 Å². The lowest BCUT2D eigenvalue weighted by atomic mass is 10.3. The predicted octanol–water partition coefficient (Wildman–Crippen LogP) is 5.37. The molecule has 12 heteroatoms.